The Labute approximate surface area is 88.4 Å². The molecule has 0 amide bonds. The topological polar surface area (TPSA) is 15.6 Å². The molecule has 1 aliphatic heterocycles. The highest BCUT2D eigenvalue weighted by Crippen LogP contribution is 2.24. The molecule has 2 nitrogen and oxygen atoms in total. The van der Waals surface area contributed by atoms with E-state index in [1.807, 2.05) is 0 Å². The second-order valence-electron chi connectivity index (χ2n) is 5.54. The van der Waals surface area contributed by atoms with Crippen LogP contribution in [0.15, 0.2) is 5.10 Å². The quantitative estimate of drug-likeness (QED) is 0.675. The molecule has 0 aromatic carbocycles. The monoisotopic (exact) mass is 196 g/mol. The van der Waals surface area contributed by atoms with E-state index < -0.39 is 0 Å². The van der Waals surface area contributed by atoms with Gasteiger partial charge < -0.3 is 0 Å². The van der Waals surface area contributed by atoms with Crippen molar-refractivity contribution in [2.45, 2.75) is 41.0 Å². The fourth-order valence-corrected chi connectivity index (χ4v) is 1.61. The van der Waals surface area contributed by atoms with Crippen molar-refractivity contribution in [1.82, 2.24) is 5.01 Å². The lowest BCUT2D eigenvalue weighted by Gasteiger charge is -2.28. The number of nitrogens with zero attached hydrogens (tertiary/aromatic N) is 2. The van der Waals surface area contributed by atoms with Crippen molar-refractivity contribution in [3.8, 4) is 0 Å². The van der Waals surface area contributed by atoms with Crippen LogP contribution in [0, 0.1) is 17.3 Å². The van der Waals surface area contributed by atoms with E-state index in [4.69, 9.17) is 0 Å². The van der Waals surface area contributed by atoms with Crippen molar-refractivity contribution < 1.29 is 0 Å². The van der Waals surface area contributed by atoms with E-state index in [1.54, 1.807) is 0 Å². The van der Waals surface area contributed by atoms with E-state index in [-0.39, 0.29) is 0 Å². The summed E-state index contributed by atoms with van der Waals surface area (Å²) in [6.45, 7) is 13.6. The summed E-state index contributed by atoms with van der Waals surface area (Å²) in [7, 11) is 0. The summed E-state index contributed by atoms with van der Waals surface area (Å²) in [6.07, 6.45) is 3.34. The van der Waals surface area contributed by atoms with Crippen LogP contribution in [0.3, 0.4) is 0 Å². The van der Waals surface area contributed by atoms with Crippen LogP contribution >= 0.6 is 0 Å². The van der Waals surface area contributed by atoms with Crippen LogP contribution in [0.4, 0.5) is 0 Å². The SMILES string of the molecule is CCC(C)(C)CN1CC(C(C)C)C=N1. The molecule has 1 heterocycles. The maximum atomic E-state index is 4.48. The number of hydrogen-bond donors (Lipinski definition) is 0. The van der Waals surface area contributed by atoms with Gasteiger partial charge in [-0.2, -0.15) is 5.10 Å². The van der Waals surface area contributed by atoms with Gasteiger partial charge >= 0.3 is 0 Å². The number of rotatable bonds is 4. The van der Waals surface area contributed by atoms with Gasteiger partial charge in [-0.3, -0.25) is 5.01 Å². The molecule has 1 unspecified atom stereocenters. The first-order valence-corrected chi connectivity index (χ1v) is 5.73. The van der Waals surface area contributed by atoms with Crippen LogP contribution in [0.25, 0.3) is 0 Å². The molecule has 0 N–H and O–H groups in total. The third-order valence-corrected chi connectivity index (χ3v) is 3.27. The van der Waals surface area contributed by atoms with Crippen LogP contribution in [-0.4, -0.2) is 24.3 Å². The van der Waals surface area contributed by atoms with Gasteiger partial charge in [0, 0.05) is 25.2 Å². The van der Waals surface area contributed by atoms with Crippen molar-refractivity contribution >= 4 is 6.21 Å². The zero-order valence-corrected chi connectivity index (χ0v) is 10.2. The zero-order chi connectivity index (χ0) is 10.8. The van der Waals surface area contributed by atoms with Gasteiger partial charge in [0.2, 0.25) is 0 Å². The second-order valence-corrected chi connectivity index (χ2v) is 5.54. The Morgan fingerprint density at radius 2 is 2.14 bits per heavy atom. The minimum absolute atomic E-state index is 0.392. The van der Waals surface area contributed by atoms with Crippen molar-refractivity contribution in [1.29, 1.82) is 0 Å². The third-order valence-electron chi connectivity index (χ3n) is 3.27. The van der Waals surface area contributed by atoms with Crippen molar-refractivity contribution in [2.75, 3.05) is 13.1 Å². The van der Waals surface area contributed by atoms with Gasteiger partial charge in [-0.1, -0.05) is 34.6 Å². The van der Waals surface area contributed by atoms with E-state index in [2.05, 4.69) is 50.9 Å². The Hall–Kier alpha value is -0.530. The van der Waals surface area contributed by atoms with Crippen molar-refractivity contribution in [2.24, 2.45) is 22.4 Å². The molecule has 14 heavy (non-hydrogen) atoms. The van der Waals surface area contributed by atoms with E-state index in [1.165, 1.54) is 6.42 Å². The fourth-order valence-electron chi connectivity index (χ4n) is 1.61. The molecular formula is C12H24N2. The maximum Gasteiger partial charge on any atom is 0.0441 e. The summed E-state index contributed by atoms with van der Waals surface area (Å²) in [5.41, 5.74) is 0.392. The number of hydrogen-bond acceptors (Lipinski definition) is 2. The average Bonchev–Trinajstić information content (AvgIpc) is 2.52. The predicted molar refractivity (Wildman–Crippen MR) is 62.5 cm³/mol. The van der Waals surface area contributed by atoms with E-state index in [9.17, 15) is 0 Å². The minimum Gasteiger partial charge on any atom is -0.296 e. The Kier molecular flexibility index (Phi) is 3.57. The molecule has 1 aliphatic rings. The molecule has 1 atom stereocenters. The zero-order valence-electron chi connectivity index (χ0n) is 10.2. The summed E-state index contributed by atoms with van der Waals surface area (Å²) in [5.74, 6) is 1.37. The molecule has 2 heteroatoms. The first-order valence-electron chi connectivity index (χ1n) is 5.73. The molecule has 0 fully saturated rings. The molecular weight excluding hydrogens is 172 g/mol. The molecule has 0 bridgehead atoms. The lowest BCUT2D eigenvalue weighted by Crippen LogP contribution is -2.31. The molecule has 0 radical (unpaired) electrons. The van der Waals surface area contributed by atoms with Crippen LogP contribution in [0.1, 0.15) is 41.0 Å². The first-order chi connectivity index (χ1) is 6.44. The molecule has 1 rings (SSSR count). The fraction of sp³-hybridized carbons (Fsp3) is 0.917. The second kappa shape index (κ2) is 4.33. The summed E-state index contributed by atoms with van der Waals surface area (Å²) < 4.78 is 0. The minimum atomic E-state index is 0.392. The molecule has 0 aromatic rings. The Morgan fingerprint density at radius 3 is 2.57 bits per heavy atom. The van der Waals surface area contributed by atoms with Crippen LogP contribution in [-0.2, 0) is 0 Å². The largest absolute Gasteiger partial charge is 0.296 e. The molecule has 82 valence electrons. The maximum absolute atomic E-state index is 4.48. The van der Waals surface area contributed by atoms with Gasteiger partial charge in [0.1, 0.15) is 0 Å². The summed E-state index contributed by atoms with van der Waals surface area (Å²) in [6, 6.07) is 0. The third kappa shape index (κ3) is 3.00. The molecule has 0 aromatic heterocycles. The van der Waals surface area contributed by atoms with E-state index >= 15 is 0 Å². The highest BCUT2D eigenvalue weighted by molar-refractivity contribution is 5.62. The predicted octanol–water partition coefficient (Wildman–Crippen LogP) is 3.00. The van der Waals surface area contributed by atoms with Gasteiger partial charge in [-0.25, -0.2) is 0 Å². The van der Waals surface area contributed by atoms with Crippen LogP contribution in [0.2, 0.25) is 0 Å². The van der Waals surface area contributed by atoms with Gasteiger partial charge in [-0.15, -0.1) is 0 Å². The van der Waals surface area contributed by atoms with Gasteiger partial charge in [0.25, 0.3) is 0 Å². The lowest BCUT2D eigenvalue weighted by atomic mass is 9.89. The molecule has 0 saturated carbocycles. The van der Waals surface area contributed by atoms with Crippen molar-refractivity contribution in [3.05, 3.63) is 0 Å². The molecule has 0 saturated heterocycles. The standard InChI is InChI=1S/C12H24N2/c1-6-12(4,5)9-14-8-11(7-13-14)10(2)3/h7,10-11H,6,8-9H2,1-5H3. The Morgan fingerprint density at radius 1 is 1.50 bits per heavy atom. The smallest absolute Gasteiger partial charge is 0.0441 e. The first kappa shape index (κ1) is 11.5. The molecule has 0 spiro atoms. The van der Waals surface area contributed by atoms with Gasteiger partial charge in [0.05, 0.1) is 0 Å². The van der Waals surface area contributed by atoms with Gasteiger partial charge in [-0.05, 0) is 17.8 Å². The van der Waals surface area contributed by atoms with E-state index in [0.29, 0.717) is 17.3 Å². The average molecular weight is 196 g/mol. The Bertz CT molecular complexity index is 206. The van der Waals surface area contributed by atoms with Crippen LogP contribution < -0.4 is 0 Å². The van der Waals surface area contributed by atoms with Crippen LogP contribution in [0.5, 0.6) is 0 Å². The summed E-state index contributed by atoms with van der Waals surface area (Å²) in [4.78, 5) is 0. The normalized spacial score (nSPS) is 22.4. The highest BCUT2D eigenvalue weighted by atomic mass is 15.5. The highest BCUT2D eigenvalue weighted by Gasteiger charge is 2.25. The molecule has 0 aliphatic carbocycles. The van der Waals surface area contributed by atoms with E-state index in [0.717, 1.165) is 13.1 Å². The number of hydrazone groups is 1. The Balaban J connectivity index is 2.41. The van der Waals surface area contributed by atoms with Gasteiger partial charge in [0.15, 0.2) is 0 Å². The summed E-state index contributed by atoms with van der Waals surface area (Å²) in [5, 5.41) is 6.71. The van der Waals surface area contributed by atoms with Crippen molar-refractivity contribution in [3.63, 3.8) is 0 Å². The summed E-state index contributed by atoms with van der Waals surface area (Å²) >= 11 is 0. The lowest BCUT2D eigenvalue weighted by molar-refractivity contribution is 0.177.